The molecule has 2 nitrogen and oxygen atoms in total. The van der Waals surface area contributed by atoms with E-state index in [2.05, 4.69) is 0 Å². The molecule has 0 aliphatic carbocycles. The van der Waals surface area contributed by atoms with Gasteiger partial charge < -0.3 is 5.11 Å². The van der Waals surface area contributed by atoms with Crippen LogP contribution in [0.1, 0.15) is 34.7 Å². The lowest BCUT2D eigenvalue weighted by atomic mass is 9.78. The Balaban J connectivity index is 2.20. The van der Waals surface area contributed by atoms with Crippen molar-refractivity contribution in [2.45, 2.75) is 32.2 Å². The molecule has 0 aromatic heterocycles. The molecule has 1 atom stereocenters. The van der Waals surface area contributed by atoms with Crippen LogP contribution in [0, 0.1) is 6.92 Å². The first-order chi connectivity index (χ1) is 11.3. The van der Waals surface area contributed by atoms with Crippen LogP contribution >= 0.6 is 0 Å². The number of hydrogen-bond acceptors (Lipinski definition) is 2. The van der Waals surface area contributed by atoms with Gasteiger partial charge in [-0.15, -0.1) is 0 Å². The van der Waals surface area contributed by atoms with Crippen molar-refractivity contribution in [3.8, 4) is 0 Å². The van der Waals surface area contributed by atoms with E-state index in [0.717, 1.165) is 17.7 Å². The zero-order valence-corrected chi connectivity index (χ0v) is 13.7. The van der Waals surface area contributed by atoms with Crippen molar-refractivity contribution in [1.29, 1.82) is 0 Å². The normalized spacial score (nSPS) is 21.6. The van der Waals surface area contributed by atoms with Gasteiger partial charge in [-0.05, 0) is 47.9 Å². The molecule has 1 aliphatic rings. The monoisotopic (exact) mass is 335 g/mol. The number of hydrogen-bond donors (Lipinski definition) is 1. The van der Waals surface area contributed by atoms with Crippen LogP contribution < -0.4 is 0 Å². The molecule has 128 valence electrons. The summed E-state index contributed by atoms with van der Waals surface area (Å²) >= 11 is 0. The van der Waals surface area contributed by atoms with Gasteiger partial charge >= 0.3 is 6.18 Å². The van der Waals surface area contributed by atoms with E-state index in [1.165, 1.54) is 6.07 Å². The van der Waals surface area contributed by atoms with Crippen molar-refractivity contribution >= 4 is 0 Å². The summed E-state index contributed by atoms with van der Waals surface area (Å²) in [4.78, 5) is 2.04. The summed E-state index contributed by atoms with van der Waals surface area (Å²) in [5, 5.41) is 11.5. The molecule has 0 amide bonds. The quantitative estimate of drug-likeness (QED) is 0.894. The highest BCUT2D eigenvalue weighted by Crippen LogP contribution is 2.40. The summed E-state index contributed by atoms with van der Waals surface area (Å²) in [6.07, 6.45) is -4.43. The highest BCUT2D eigenvalue weighted by molar-refractivity contribution is 5.47. The minimum atomic E-state index is -4.43. The summed E-state index contributed by atoms with van der Waals surface area (Å²) in [6.45, 7) is 5.40. The van der Waals surface area contributed by atoms with Crippen LogP contribution in [0.15, 0.2) is 42.5 Å². The van der Waals surface area contributed by atoms with E-state index in [1.54, 1.807) is 6.92 Å². The highest BCUT2D eigenvalue weighted by Gasteiger charge is 2.41. The van der Waals surface area contributed by atoms with Gasteiger partial charge in [0.15, 0.2) is 0 Å². The maximum absolute atomic E-state index is 13.1. The van der Waals surface area contributed by atoms with Gasteiger partial charge in [-0.1, -0.05) is 37.3 Å². The number of nitrogens with zero attached hydrogens (tertiary/aromatic N) is 1. The molecular formula is C19H20F3NO. The third-order valence-corrected chi connectivity index (χ3v) is 4.77. The number of β-amino-alcohol motifs (C(OH)–C–C–N with tert-alkyl or cyclic N) is 1. The second-order valence-corrected chi connectivity index (χ2v) is 6.35. The van der Waals surface area contributed by atoms with Crippen LogP contribution in [0.2, 0.25) is 0 Å². The molecule has 1 heterocycles. The highest BCUT2D eigenvalue weighted by atomic mass is 19.4. The lowest BCUT2D eigenvalue weighted by Gasteiger charge is -2.41. The number of aliphatic hydroxyl groups is 1. The Morgan fingerprint density at radius 2 is 1.83 bits per heavy atom. The fraction of sp³-hybridized carbons (Fsp3) is 0.368. The van der Waals surface area contributed by atoms with E-state index < -0.39 is 17.3 Å². The number of likely N-dealkylation sites (N-methyl/N-ethyl adjacent to an activating group) is 1. The van der Waals surface area contributed by atoms with Crippen LogP contribution in [0.3, 0.4) is 0 Å². The number of benzene rings is 2. The van der Waals surface area contributed by atoms with Gasteiger partial charge in [-0.2, -0.15) is 13.2 Å². The Morgan fingerprint density at radius 3 is 2.50 bits per heavy atom. The van der Waals surface area contributed by atoms with Gasteiger partial charge in [-0.3, -0.25) is 4.90 Å². The maximum atomic E-state index is 13.1. The molecule has 5 heteroatoms. The number of rotatable bonds is 2. The van der Waals surface area contributed by atoms with E-state index in [-0.39, 0.29) is 6.54 Å². The van der Waals surface area contributed by atoms with Crippen LogP contribution in [-0.4, -0.2) is 23.1 Å². The van der Waals surface area contributed by atoms with Gasteiger partial charge in [-0.25, -0.2) is 0 Å². The van der Waals surface area contributed by atoms with Gasteiger partial charge in [0, 0.05) is 13.1 Å². The smallest absolute Gasteiger partial charge is 0.379 e. The Morgan fingerprint density at radius 1 is 1.12 bits per heavy atom. The minimum absolute atomic E-state index is 0.280. The number of aryl methyl sites for hydroxylation is 1. The van der Waals surface area contributed by atoms with Crippen molar-refractivity contribution in [3.63, 3.8) is 0 Å². The molecule has 0 saturated heterocycles. The Bertz CT molecular complexity index is 757. The first-order valence-electron chi connectivity index (χ1n) is 7.97. The lowest BCUT2D eigenvalue weighted by molar-refractivity contribution is -0.137. The first-order valence-corrected chi connectivity index (χ1v) is 7.97. The third-order valence-electron chi connectivity index (χ3n) is 4.77. The molecule has 0 spiro atoms. The van der Waals surface area contributed by atoms with E-state index in [9.17, 15) is 18.3 Å². The van der Waals surface area contributed by atoms with Crippen molar-refractivity contribution in [2.75, 3.05) is 13.1 Å². The Hall–Kier alpha value is -1.85. The van der Waals surface area contributed by atoms with E-state index >= 15 is 0 Å². The molecule has 0 fully saturated rings. The summed E-state index contributed by atoms with van der Waals surface area (Å²) in [6, 6.07) is 11.0. The molecule has 2 aromatic rings. The van der Waals surface area contributed by atoms with Crippen molar-refractivity contribution in [1.82, 2.24) is 4.90 Å². The molecule has 1 N–H and O–H groups in total. The molecule has 3 rings (SSSR count). The maximum Gasteiger partial charge on any atom is 0.416 e. The number of fused-ring (bicyclic) bond motifs is 1. The van der Waals surface area contributed by atoms with Crippen LogP contribution in [0.4, 0.5) is 13.2 Å². The minimum Gasteiger partial charge on any atom is -0.379 e. The molecule has 0 saturated carbocycles. The van der Waals surface area contributed by atoms with Crippen molar-refractivity contribution in [3.05, 3.63) is 70.3 Å². The van der Waals surface area contributed by atoms with E-state index in [0.29, 0.717) is 29.8 Å². The Kier molecular flexibility index (Phi) is 4.18. The largest absolute Gasteiger partial charge is 0.416 e. The lowest BCUT2D eigenvalue weighted by Crippen LogP contribution is -2.46. The summed E-state index contributed by atoms with van der Waals surface area (Å²) < 4.78 is 39.4. The number of halogens is 3. The van der Waals surface area contributed by atoms with E-state index in [4.69, 9.17) is 0 Å². The average molecular weight is 335 g/mol. The topological polar surface area (TPSA) is 23.5 Å². The molecule has 0 bridgehead atoms. The van der Waals surface area contributed by atoms with Crippen LogP contribution in [-0.2, 0) is 18.3 Å². The standard InChI is InChI=1S/C19H20F3NO/c1-3-23-11-14-6-4-5-7-16(14)18(24,12-23)17-10-15(19(20,21)22)9-8-13(17)2/h4-10,24H,3,11-12H2,1-2H3. The van der Waals surface area contributed by atoms with Gasteiger partial charge in [0.2, 0.25) is 0 Å². The van der Waals surface area contributed by atoms with Crippen molar-refractivity contribution < 1.29 is 18.3 Å². The van der Waals surface area contributed by atoms with E-state index in [1.807, 2.05) is 36.1 Å². The third kappa shape index (κ3) is 2.82. The molecular weight excluding hydrogens is 315 g/mol. The number of alkyl halides is 3. The predicted octanol–water partition coefficient (Wildman–Crippen LogP) is 4.09. The SMILES string of the molecule is CCN1Cc2ccccc2C(O)(c2cc(C(F)(F)F)ccc2C)C1. The zero-order valence-electron chi connectivity index (χ0n) is 13.7. The van der Waals surface area contributed by atoms with Gasteiger partial charge in [0.25, 0.3) is 0 Å². The molecule has 0 radical (unpaired) electrons. The summed E-state index contributed by atoms with van der Waals surface area (Å²) in [7, 11) is 0. The molecule has 1 aliphatic heterocycles. The fourth-order valence-corrected chi connectivity index (χ4v) is 3.47. The van der Waals surface area contributed by atoms with Gasteiger partial charge in [0.1, 0.15) is 5.60 Å². The zero-order chi connectivity index (χ0) is 17.5. The average Bonchev–Trinajstić information content (AvgIpc) is 2.54. The van der Waals surface area contributed by atoms with Crippen molar-refractivity contribution in [2.24, 2.45) is 0 Å². The van der Waals surface area contributed by atoms with Gasteiger partial charge in [0.05, 0.1) is 5.56 Å². The summed E-state index contributed by atoms with van der Waals surface area (Å²) in [5.41, 5.74) is 0.432. The summed E-state index contributed by atoms with van der Waals surface area (Å²) in [5.74, 6) is 0. The second-order valence-electron chi connectivity index (χ2n) is 6.35. The fourth-order valence-electron chi connectivity index (χ4n) is 3.47. The predicted molar refractivity (Wildman–Crippen MR) is 86.6 cm³/mol. The van der Waals surface area contributed by atoms with Crippen LogP contribution in [0.25, 0.3) is 0 Å². The molecule has 2 aromatic carbocycles. The first kappa shape index (κ1) is 17.0. The Labute approximate surface area is 139 Å². The molecule has 1 unspecified atom stereocenters. The molecule has 24 heavy (non-hydrogen) atoms. The van der Waals surface area contributed by atoms with Crippen LogP contribution in [0.5, 0.6) is 0 Å². The second kappa shape index (κ2) is 5.90.